The molecule has 1 aromatic rings. The van der Waals surface area contributed by atoms with E-state index in [4.69, 9.17) is 4.74 Å². The van der Waals surface area contributed by atoms with Crippen molar-refractivity contribution in [1.29, 1.82) is 0 Å². The summed E-state index contributed by atoms with van der Waals surface area (Å²) in [7, 11) is 1.41. The van der Waals surface area contributed by atoms with Crippen molar-refractivity contribution in [2.45, 2.75) is 27.2 Å². The number of aromatic nitrogens is 1. The van der Waals surface area contributed by atoms with Crippen LogP contribution in [0, 0.1) is 18.8 Å². The molecule has 4 nitrogen and oxygen atoms in total. The first-order valence-electron chi connectivity index (χ1n) is 6.33. The number of carbonyl (C=O) groups is 1. The van der Waals surface area contributed by atoms with Gasteiger partial charge < -0.3 is 9.64 Å². The van der Waals surface area contributed by atoms with Gasteiger partial charge in [0.1, 0.15) is 4.88 Å². The Morgan fingerprint density at radius 3 is 2.83 bits per heavy atom. The van der Waals surface area contributed by atoms with Crippen LogP contribution in [0.1, 0.15) is 35.6 Å². The van der Waals surface area contributed by atoms with Gasteiger partial charge in [-0.25, -0.2) is 9.78 Å². The number of hydrogen-bond acceptors (Lipinski definition) is 5. The minimum Gasteiger partial charge on any atom is -0.465 e. The van der Waals surface area contributed by atoms with E-state index >= 15 is 0 Å². The van der Waals surface area contributed by atoms with Crippen molar-refractivity contribution < 1.29 is 9.53 Å². The molecular formula is C13H20N2O2S. The number of thiazole rings is 1. The molecule has 1 aliphatic rings. The fourth-order valence-electron chi connectivity index (χ4n) is 2.30. The molecule has 1 atom stereocenters. The quantitative estimate of drug-likeness (QED) is 0.791. The molecule has 1 unspecified atom stereocenters. The molecule has 2 rings (SSSR count). The second-order valence-electron chi connectivity index (χ2n) is 5.14. The van der Waals surface area contributed by atoms with Gasteiger partial charge in [-0.05, 0) is 25.2 Å². The van der Waals surface area contributed by atoms with Crippen LogP contribution in [-0.4, -0.2) is 31.2 Å². The van der Waals surface area contributed by atoms with Crippen LogP contribution in [-0.2, 0) is 4.74 Å². The number of anilines is 1. The highest BCUT2D eigenvalue weighted by molar-refractivity contribution is 7.17. The molecule has 0 amide bonds. The van der Waals surface area contributed by atoms with Gasteiger partial charge in [0, 0.05) is 13.1 Å². The van der Waals surface area contributed by atoms with Gasteiger partial charge in [0.05, 0.1) is 12.8 Å². The minimum atomic E-state index is -0.282. The molecule has 1 aliphatic heterocycles. The van der Waals surface area contributed by atoms with Crippen molar-refractivity contribution in [1.82, 2.24) is 4.98 Å². The van der Waals surface area contributed by atoms with E-state index in [-0.39, 0.29) is 5.97 Å². The van der Waals surface area contributed by atoms with Gasteiger partial charge in [-0.1, -0.05) is 25.2 Å². The second kappa shape index (κ2) is 5.26. The minimum absolute atomic E-state index is 0.282. The van der Waals surface area contributed by atoms with Gasteiger partial charge in [-0.3, -0.25) is 0 Å². The lowest BCUT2D eigenvalue weighted by Crippen LogP contribution is -2.20. The third-order valence-electron chi connectivity index (χ3n) is 3.59. The Morgan fingerprint density at radius 1 is 1.56 bits per heavy atom. The van der Waals surface area contributed by atoms with Crippen molar-refractivity contribution in [2.75, 3.05) is 25.1 Å². The van der Waals surface area contributed by atoms with Crippen molar-refractivity contribution in [3.05, 3.63) is 10.6 Å². The van der Waals surface area contributed by atoms with Crippen LogP contribution in [0.3, 0.4) is 0 Å². The van der Waals surface area contributed by atoms with Crippen molar-refractivity contribution >= 4 is 22.4 Å². The fourth-order valence-corrected chi connectivity index (χ4v) is 3.32. The summed E-state index contributed by atoms with van der Waals surface area (Å²) in [5, 5.41) is 0.955. The molecule has 5 heteroatoms. The maximum atomic E-state index is 11.6. The van der Waals surface area contributed by atoms with E-state index in [0.717, 1.165) is 29.8 Å². The summed E-state index contributed by atoms with van der Waals surface area (Å²) in [6.07, 6.45) is 1.21. The first-order valence-corrected chi connectivity index (χ1v) is 7.15. The fraction of sp³-hybridized carbons (Fsp3) is 0.692. The Bertz CT molecular complexity index is 442. The Morgan fingerprint density at radius 2 is 2.28 bits per heavy atom. The van der Waals surface area contributed by atoms with Crippen LogP contribution >= 0.6 is 11.3 Å². The zero-order valence-corrected chi connectivity index (χ0v) is 12.2. The molecule has 0 aliphatic carbocycles. The van der Waals surface area contributed by atoms with E-state index < -0.39 is 0 Å². The standard InChI is InChI=1S/C13H20N2O2S/c1-8(2)10-5-6-15(7-10)13-14-9(3)11(18-13)12(16)17-4/h8,10H,5-7H2,1-4H3. The Kier molecular flexibility index (Phi) is 3.90. The van der Waals surface area contributed by atoms with E-state index in [0.29, 0.717) is 10.8 Å². The summed E-state index contributed by atoms with van der Waals surface area (Å²) >= 11 is 1.44. The van der Waals surface area contributed by atoms with Crippen LogP contribution in [0.4, 0.5) is 5.13 Å². The zero-order valence-electron chi connectivity index (χ0n) is 11.4. The van der Waals surface area contributed by atoms with Gasteiger partial charge in [0.25, 0.3) is 0 Å². The van der Waals surface area contributed by atoms with E-state index in [2.05, 4.69) is 23.7 Å². The number of ether oxygens (including phenoxy) is 1. The smallest absolute Gasteiger partial charge is 0.350 e. The summed E-state index contributed by atoms with van der Waals surface area (Å²) in [6.45, 7) is 8.48. The average Bonchev–Trinajstić information content (AvgIpc) is 2.94. The predicted molar refractivity (Wildman–Crippen MR) is 73.3 cm³/mol. The van der Waals surface area contributed by atoms with Crippen LogP contribution in [0.25, 0.3) is 0 Å². The molecule has 0 saturated carbocycles. The van der Waals surface area contributed by atoms with Gasteiger partial charge in [-0.15, -0.1) is 0 Å². The lowest BCUT2D eigenvalue weighted by atomic mass is 9.95. The first-order chi connectivity index (χ1) is 8.52. The highest BCUT2D eigenvalue weighted by Crippen LogP contribution is 2.32. The molecule has 1 aromatic heterocycles. The van der Waals surface area contributed by atoms with Crippen LogP contribution < -0.4 is 4.90 Å². The third-order valence-corrected chi connectivity index (χ3v) is 4.79. The summed E-state index contributed by atoms with van der Waals surface area (Å²) in [4.78, 5) is 19.0. The normalized spacial score (nSPS) is 19.6. The van der Waals surface area contributed by atoms with Crippen LogP contribution in [0.2, 0.25) is 0 Å². The van der Waals surface area contributed by atoms with Crippen LogP contribution in [0.15, 0.2) is 0 Å². The molecule has 0 N–H and O–H groups in total. The van der Waals surface area contributed by atoms with Gasteiger partial charge in [0.15, 0.2) is 5.13 Å². The molecule has 0 aromatic carbocycles. The third kappa shape index (κ3) is 2.51. The van der Waals surface area contributed by atoms with Crippen molar-refractivity contribution in [3.63, 3.8) is 0 Å². The molecule has 1 fully saturated rings. The monoisotopic (exact) mass is 268 g/mol. The zero-order chi connectivity index (χ0) is 13.3. The predicted octanol–water partition coefficient (Wildman–Crippen LogP) is 2.72. The lowest BCUT2D eigenvalue weighted by Gasteiger charge is -2.16. The van der Waals surface area contributed by atoms with Gasteiger partial charge in [0.2, 0.25) is 0 Å². The van der Waals surface area contributed by atoms with Crippen molar-refractivity contribution in [3.8, 4) is 0 Å². The number of nitrogens with zero attached hydrogens (tertiary/aromatic N) is 2. The van der Waals surface area contributed by atoms with E-state index in [1.54, 1.807) is 0 Å². The Labute approximate surface area is 112 Å². The Hall–Kier alpha value is -1.10. The van der Waals surface area contributed by atoms with Gasteiger partial charge >= 0.3 is 5.97 Å². The highest BCUT2D eigenvalue weighted by atomic mass is 32.1. The number of methoxy groups -OCH3 is 1. The van der Waals surface area contributed by atoms with Gasteiger partial charge in [-0.2, -0.15) is 0 Å². The number of esters is 1. The van der Waals surface area contributed by atoms with Crippen LogP contribution in [0.5, 0.6) is 0 Å². The summed E-state index contributed by atoms with van der Waals surface area (Å²) in [5.74, 6) is 1.16. The molecular weight excluding hydrogens is 248 g/mol. The maximum Gasteiger partial charge on any atom is 0.350 e. The molecule has 0 spiro atoms. The molecule has 100 valence electrons. The SMILES string of the molecule is COC(=O)c1sc(N2CCC(C(C)C)C2)nc1C. The van der Waals surface area contributed by atoms with Crippen molar-refractivity contribution in [2.24, 2.45) is 11.8 Å². The summed E-state index contributed by atoms with van der Waals surface area (Å²) in [6, 6.07) is 0. The number of aryl methyl sites for hydroxylation is 1. The molecule has 0 radical (unpaired) electrons. The second-order valence-corrected chi connectivity index (χ2v) is 6.12. The molecule has 2 heterocycles. The highest BCUT2D eigenvalue weighted by Gasteiger charge is 2.28. The largest absolute Gasteiger partial charge is 0.465 e. The molecule has 1 saturated heterocycles. The summed E-state index contributed by atoms with van der Waals surface area (Å²) in [5.41, 5.74) is 0.773. The number of rotatable bonds is 3. The molecule has 18 heavy (non-hydrogen) atoms. The maximum absolute atomic E-state index is 11.6. The molecule has 0 bridgehead atoms. The number of hydrogen-bond donors (Lipinski definition) is 0. The van der Waals surface area contributed by atoms with E-state index in [1.807, 2.05) is 6.92 Å². The van der Waals surface area contributed by atoms with E-state index in [9.17, 15) is 4.79 Å². The topological polar surface area (TPSA) is 42.4 Å². The average molecular weight is 268 g/mol. The van der Waals surface area contributed by atoms with E-state index in [1.165, 1.54) is 24.9 Å². The number of carbonyl (C=O) groups excluding carboxylic acids is 1. The Balaban J connectivity index is 2.13. The lowest BCUT2D eigenvalue weighted by molar-refractivity contribution is 0.0605. The first kappa shape index (κ1) is 13.3. The summed E-state index contributed by atoms with van der Waals surface area (Å²) < 4.78 is 4.77.